The van der Waals surface area contributed by atoms with E-state index >= 15 is 0 Å². The van der Waals surface area contributed by atoms with Crippen molar-refractivity contribution in [2.24, 2.45) is 5.11 Å². The van der Waals surface area contributed by atoms with Crippen molar-refractivity contribution in [3.05, 3.63) is 82.2 Å². The molecule has 0 bridgehead atoms. The molecule has 5 rings (SSSR count). The molecule has 44 heavy (non-hydrogen) atoms. The number of nitrogens with zero attached hydrogens (tertiary/aromatic N) is 4. The van der Waals surface area contributed by atoms with Crippen molar-refractivity contribution in [3.63, 3.8) is 0 Å². The summed E-state index contributed by atoms with van der Waals surface area (Å²) in [7, 11) is -0.407. The van der Waals surface area contributed by atoms with Crippen molar-refractivity contribution in [2.45, 2.75) is 101 Å². The molecule has 0 N–H and O–H groups in total. The molecule has 3 saturated heterocycles. The van der Waals surface area contributed by atoms with Gasteiger partial charge in [-0.05, 0) is 63.5 Å². The number of ether oxygens (including phenoxy) is 3. The zero-order valence-corrected chi connectivity index (χ0v) is 25.9. The highest BCUT2D eigenvalue weighted by molar-refractivity contribution is 6.45. The van der Waals surface area contributed by atoms with E-state index in [0.717, 1.165) is 11.1 Å². The first kappa shape index (κ1) is 31.8. The molecule has 3 heterocycles. The predicted molar refractivity (Wildman–Crippen MR) is 163 cm³/mol. The monoisotopic (exact) mass is 604 g/mol. The summed E-state index contributed by atoms with van der Waals surface area (Å²) in [5, 5.41) is 4.09. The Labute approximate surface area is 258 Å². The van der Waals surface area contributed by atoms with Crippen LogP contribution in [0.15, 0.2) is 65.8 Å². The van der Waals surface area contributed by atoms with Crippen LogP contribution in [0.25, 0.3) is 10.4 Å². The number of likely N-dealkylation sites (tertiary alicyclic amines) is 1. The normalized spacial score (nSPS) is 26.9. The highest BCUT2D eigenvalue weighted by Gasteiger charge is 2.62. The van der Waals surface area contributed by atoms with Gasteiger partial charge in [0.1, 0.15) is 13.2 Å². The molecule has 0 aliphatic carbocycles. The van der Waals surface area contributed by atoms with E-state index in [4.69, 9.17) is 23.5 Å². The third kappa shape index (κ3) is 6.73. The van der Waals surface area contributed by atoms with Crippen LogP contribution in [0.4, 0.5) is 4.79 Å². The van der Waals surface area contributed by atoms with Gasteiger partial charge < -0.3 is 28.4 Å². The van der Waals surface area contributed by atoms with Gasteiger partial charge in [0.25, 0.3) is 0 Å². The molecule has 3 atom stereocenters. The van der Waals surface area contributed by atoms with Crippen LogP contribution in [-0.2, 0) is 41.5 Å². The van der Waals surface area contributed by atoms with Crippen LogP contribution in [0.5, 0.6) is 0 Å². The summed E-state index contributed by atoms with van der Waals surface area (Å²) in [5.74, 6) is -0.637. The van der Waals surface area contributed by atoms with Gasteiger partial charge in [-0.3, -0.25) is 4.79 Å². The second-order valence-corrected chi connectivity index (χ2v) is 13.0. The second-order valence-electron chi connectivity index (χ2n) is 13.0. The molecule has 3 fully saturated rings. The van der Waals surface area contributed by atoms with Crippen molar-refractivity contribution in [1.82, 2.24) is 4.90 Å². The fourth-order valence-corrected chi connectivity index (χ4v) is 6.22. The lowest BCUT2D eigenvalue weighted by atomic mass is 9.79. The summed E-state index contributed by atoms with van der Waals surface area (Å²) in [6.45, 7) is 8.80. The Morgan fingerprint density at radius 3 is 2.16 bits per heavy atom. The van der Waals surface area contributed by atoms with Crippen molar-refractivity contribution in [1.29, 1.82) is 0 Å². The lowest BCUT2D eigenvalue weighted by Gasteiger charge is -2.32. The summed E-state index contributed by atoms with van der Waals surface area (Å²) < 4.78 is 30.3. The summed E-state index contributed by atoms with van der Waals surface area (Å²) in [5.41, 5.74) is 7.99. The molecule has 12 heteroatoms. The third-order valence-electron chi connectivity index (χ3n) is 9.29. The molecule has 3 aliphatic rings. The SMILES string of the molecule is CC1(C)OB(CCCC2OC3(CCN(C(=O)OCc4ccccc4)C3)CC2(N=[N+]=[N-])C(=O)OCc2ccccc2)OC1(C)C. The van der Waals surface area contributed by atoms with Crippen molar-refractivity contribution in [3.8, 4) is 0 Å². The first-order chi connectivity index (χ1) is 21.0. The van der Waals surface area contributed by atoms with Crippen LogP contribution in [0.3, 0.4) is 0 Å². The van der Waals surface area contributed by atoms with E-state index in [1.807, 2.05) is 88.4 Å². The number of azide groups is 1. The largest absolute Gasteiger partial charge is 0.460 e. The van der Waals surface area contributed by atoms with Gasteiger partial charge in [0.2, 0.25) is 0 Å². The number of carbonyl (C=O) groups is 2. The Hall–Kier alpha value is -3.57. The zero-order chi connectivity index (χ0) is 31.4. The summed E-state index contributed by atoms with van der Waals surface area (Å²) >= 11 is 0. The molecule has 0 aromatic heterocycles. The topological polar surface area (TPSA) is 132 Å². The Morgan fingerprint density at radius 1 is 0.977 bits per heavy atom. The van der Waals surface area contributed by atoms with Gasteiger partial charge in [-0.25, -0.2) is 4.79 Å². The van der Waals surface area contributed by atoms with Gasteiger partial charge in [0.05, 0.1) is 29.5 Å². The van der Waals surface area contributed by atoms with E-state index in [9.17, 15) is 15.1 Å². The first-order valence-corrected chi connectivity index (χ1v) is 15.2. The molecule has 11 nitrogen and oxygen atoms in total. The first-order valence-electron chi connectivity index (χ1n) is 15.2. The molecular weight excluding hydrogens is 563 g/mol. The van der Waals surface area contributed by atoms with Crippen LogP contribution in [0, 0.1) is 0 Å². The summed E-state index contributed by atoms with van der Waals surface area (Å²) in [6, 6.07) is 18.8. The molecule has 3 unspecified atom stereocenters. The number of hydrogen-bond donors (Lipinski definition) is 0. The predicted octanol–water partition coefficient (Wildman–Crippen LogP) is 6.22. The maximum Gasteiger partial charge on any atom is 0.457 e. The van der Waals surface area contributed by atoms with E-state index in [0.29, 0.717) is 32.1 Å². The smallest absolute Gasteiger partial charge is 0.457 e. The second kappa shape index (κ2) is 12.8. The van der Waals surface area contributed by atoms with Gasteiger partial charge in [0.15, 0.2) is 5.54 Å². The molecule has 1 spiro atoms. The number of carbonyl (C=O) groups excluding carboxylic acids is 2. The number of esters is 1. The minimum Gasteiger partial charge on any atom is -0.460 e. The number of hydrogen-bond acceptors (Lipinski definition) is 8. The van der Waals surface area contributed by atoms with Crippen LogP contribution in [0.1, 0.15) is 64.5 Å². The highest BCUT2D eigenvalue weighted by atomic mass is 16.7. The van der Waals surface area contributed by atoms with Crippen molar-refractivity contribution < 1.29 is 33.1 Å². The van der Waals surface area contributed by atoms with Gasteiger partial charge >= 0.3 is 19.2 Å². The van der Waals surface area contributed by atoms with E-state index < -0.39 is 47.6 Å². The Morgan fingerprint density at radius 2 is 1.57 bits per heavy atom. The average molecular weight is 605 g/mol. The van der Waals surface area contributed by atoms with E-state index in [-0.39, 0.29) is 26.2 Å². The zero-order valence-electron chi connectivity index (χ0n) is 25.9. The van der Waals surface area contributed by atoms with Crippen LogP contribution in [-0.4, -0.2) is 65.6 Å². The Kier molecular flexibility index (Phi) is 9.27. The number of benzene rings is 2. The molecule has 2 aromatic rings. The minimum atomic E-state index is -1.59. The minimum absolute atomic E-state index is 0.0357. The Bertz CT molecular complexity index is 1360. The number of rotatable bonds is 10. The van der Waals surface area contributed by atoms with Gasteiger partial charge in [-0.2, -0.15) is 0 Å². The maximum atomic E-state index is 13.8. The molecular formula is C32H41BN4O7. The summed E-state index contributed by atoms with van der Waals surface area (Å²) in [4.78, 5) is 31.5. The number of amides is 1. The highest BCUT2D eigenvalue weighted by Crippen LogP contribution is 2.48. The summed E-state index contributed by atoms with van der Waals surface area (Å²) in [6.07, 6.45) is 0.919. The molecule has 1 amide bonds. The lowest BCUT2D eigenvalue weighted by molar-refractivity contribution is -0.154. The van der Waals surface area contributed by atoms with Gasteiger partial charge in [0, 0.05) is 17.9 Å². The third-order valence-corrected chi connectivity index (χ3v) is 9.29. The van der Waals surface area contributed by atoms with Crippen molar-refractivity contribution >= 4 is 19.2 Å². The quantitative estimate of drug-likeness (QED) is 0.103. The van der Waals surface area contributed by atoms with E-state index in [2.05, 4.69) is 10.0 Å². The van der Waals surface area contributed by atoms with Crippen LogP contribution >= 0.6 is 0 Å². The molecule has 2 aromatic carbocycles. The molecule has 0 saturated carbocycles. The fraction of sp³-hybridized carbons (Fsp3) is 0.562. The van der Waals surface area contributed by atoms with Gasteiger partial charge in [-0.1, -0.05) is 72.2 Å². The Balaban J connectivity index is 1.30. The van der Waals surface area contributed by atoms with E-state index in [1.165, 1.54) is 0 Å². The van der Waals surface area contributed by atoms with Crippen LogP contribution < -0.4 is 0 Å². The lowest BCUT2D eigenvalue weighted by Crippen LogP contribution is -2.46. The fourth-order valence-electron chi connectivity index (χ4n) is 6.22. The van der Waals surface area contributed by atoms with Gasteiger partial charge in [-0.15, -0.1) is 0 Å². The van der Waals surface area contributed by atoms with Crippen LogP contribution in [0.2, 0.25) is 6.32 Å². The molecule has 234 valence electrons. The molecule has 0 radical (unpaired) electrons. The van der Waals surface area contributed by atoms with Crippen molar-refractivity contribution in [2.75, 3.05) is 13.1 Å². The standard InChI is InChI=1S/C32H41BN4O7/c1-29(2)30(3,4)44-33(43-29)18-11-16-26-32(35-36-34,27(38)40-20-24-12-7-5-8-13-24)22-31(42-26)17-19-37(23-31)28(39)41-21-25-14-9-6-10-15-25/h5-10,12-15,26H,11,16-23H2,1-4H3. The molecule has 3 aliphatic heterocycles. The average Bonchev–Trinajstić information content (AvgIpc) is 3.62. The maximum absolute atomic E-state index is 13.8. The van der Waals surface area contributed by atoms with E-state index in [1.54, 1.807) is 4.90 Å².